The first-order valence-electron chi connectivity index (χ1n) is 4.06. The molecule has 0 atom stereocenters. The minimum atomic E-state index is -0.951. The van der Waals surface area contributed by atoms with Gasteiger partial charge in [-0.15, -0.1) is 0 Å². The molecule has 15 heavy (non-hydrogen) atoms. The fourth-order valence-corrected chi connectivity index (χ4v) is 1.60. The third-order valence-electron chi connectivity index (χ3n) is 1.82. The molecule has 0 aliphatic carbocycles. The molecule has 4 nitrogen and oxygen atoms in total. The first kappa shape index (κ1) is 11.5. The van der Waals surface area contributed by atoms with E-state index in [2.05, 4.69) is 15.9 Å². The molecule has 0 unspecified atom stereocenters. The molecular formula is C10H8BrNO3. The Morgan fingerprint density at radius 1 is 1.67 bits per heavy atom. The molecule has 1 aromatic rings. The van der Waals surface area contributed by atoms with E-state index in [4.69, 9.17) is 15.1 Å². The van der Waals surface area contributed by atoms with Crippen molar-refractivity contribution in [1.82, 2.24) is 0 Å². The second-order valence-electron chi connectivity index (χ2n) is 2.83. The molecule has 5 heteroatoms. The van der Waals surface area contributed by atoms with Crippen LogP contribution < -0.4 is 4.74 Å². The third-order valence-corrected chi connectivity index (χ3v) is 2.76. The molecule has 0 amide bonds. The maximum Gasteiger partial charge on any atom is 0.307 e. The average Bonchev–Trinajstić information content (AvgIpc) is 2.20. The van der Waals surface area contributed by atoms with Gasteiger partial charge in [0.2, 0.25) is 0 Å². The molecule has 1 aromatic carbocycles. The van der Waals surface area contributed by atoms with Crippen molar-refractivity contribution in [2.75, 3.05) is 7.11 Å². The summed E-state index contributed by atoms with van der Waals surface area (Å²) in [5, 5.41) is 17.5. The summed E-state index contributed by atoms with van der Waals surface area (Å²) < 4.78 is 5.48. The summed E-state index contributed by atoms with van der Waals surface area (Å²) >= 11 is 3.19. The van der Waals surface area contributed by atoms with Gasteiger partial charge < -0.3 is 9.84 Å². The number of methoxy groups -OCH3 is 1. The summed E-state index contributed by atoms with van der Waals surface area (Å²) in [5.41, 5.74) is 0.893. The van der Waals surface area contributed by atoms with Crippen molar-refractivity contribution in [1.29, 1.82) is 5.26 Å². The number of carbonyl (C=O) groups is 1. The lowest BCUT2D eigenvalue weighted by Gasteiger charge is -2.07. The van der Waals surface area contributed by atoms with E-state index in [1.807, 2.05) is 6.07 Å². The van der Waals surface area contributed by atoms with E-state index in [1.165, 1.54) is 7.11 Å². The van der Waals surface area contributed by atoms with Gasteiger partial charge in [-0.2, -0.15) is 5.26 Å². The van der Waals surface area contributed by atoms with Gasteiger partial charge in [0.15, 0.2) is 0 Å². The van der Waals surface area contributed by atoms with Crippen molar-refractivity contribution in [2.45, 2.75) is 6.42 Å². The number of hydrogen-bond acceptors (Lipinski definition) is 3. The molecule has 1 N–H and O–H groups in total. The molecule has 0 heterocycles. The topological polar surface area (TPSA) is 70.3 Å². The van der Waals surface area contributed by atoms with Crippen LogP contribution >= 0.6 is 15.9 Å². The van der Waals surface area contributed by atoms with E-state index in [0.29, 0.717) is 21.3 Å². The summed E-state index contributed by atoms with van der Waals surface area (Å²) in [5.74, 6) is -0.473. The van der Waals surface area contributed by atoms with E-state index in [-0.39, 0.29) is 6.42 Å². The van der Waals surface area contributed by atoms with Gasteiger partial charge in [0.1, 0.15) is 11.8 Å². The molecule has 0 fully saturated rings. The highest BCUT2D eigenvalue weighted by molar-refractivity contribution is 9.10. The normalized spacial score (nSPS) is 9.40. The zero-order chi connectivity index (χ0) is 11.4. The number of nitriles is 1. The number of carboxylic acids is 1. The lowest BCUT2D eigenvalue weighted by atomic mass is 10.1. The maximum atomic E-state index is 10.6. The minimum absolute atomic E-state index is 0.146. The number of hydrogen-bond donors (Lipinski definition) is 1. The van der Waals surface area contributed by atoms with E-state index in [1.54, 1.807) is 12.1 Å². The van der Waals surface area contributed by atoms with Crippen molar-refractivity contribution in [3.05, 3.63) is 27.7 Å². The largest absolute Gasteiger partial charge is 0.497 e. The van der Waals surface area contributed by atoms with Gasteiger partial charge in [-0.3, -0.25) is 4.79 Å². The van der Waals surface area contributed by atoms with Gasteiger partial charge in [-0.25, -0.2) is 0 Å². The quantitative estimate of drug-likeness (QED) is 0.911. The van der Waals surface area contributed by atoms with Gasteiger partial charge >= 0.3 is 5.97 Å². The second kappa shape index (κ2) is 4.80. The Labute approximate surface area is 95.2 Å². The number of nitrogens with zero attached hydrogens (tertiary/aromatic N) is 1. The Hall–Kier alpha value is -1.54. The Balaban J connectivity index is 3.25. The van der Waals surface area contributed by atoms with Gasteiger partial charge in [0.05, 0.1) is 19.1 Å². The van der Waals surface area contributed by atoms with Crippen LogP contribution in [0.1, 0.15) is 11.1 Å². The fraction of sp³-hybridized carbons (Fsp3) is 0.200. The van der Waals surface area contributed by atoms with Crippen LogP contribution in [-0.2, 0) is 11.2 Å². The van der Waals surface area contributed by atoms with Crippen LogP contribution in [0.15, 0.2) is 16.6 Å². The lowest BCUT2D eigenvalue weighted by Crippen LogP contribution is -2.02. The smallest absolute Gasteiger partial charge is 0.307 e. The van der Waals surface area contributed by atoms with Crippen LogP contribution in [0.3, 0.4) is 0 Å². The van der Waals surface area contributed by atoms with Crippen LogP contribution in [0.4, 0.5) is 0 Å². The zero-order valence-electron chi connectivity index (χ0n) is 7.95. The molecule has 0 aliphatic rings. The Morgan fingerprint density at radius 3 is 2.80 bits per heavy atom. The number of carboxylic acid groups (broad SMARTS) is 1. The molecular weight excluding hydrogens is 262 g/mol. The van der Waals surface area contributed by atoms with Crippen LogP contribution in [0.2, 0.25) is 0 Å². The average molecular weight is 270 g/mol. The Morgan fingerprint density at radius 2 is 2.33 bits per heavy atom. The fourth-order valence-electron chi connectivity index (χ4n) is 1.15. The molecule has 0 bridgehead atoms. The van der Waals surface area contributed by atoms with E-state index in [9.17, 15) is 4.79 Å². The van der Waals surface area contributed by atoms with Gasteiger partial charge in [-0.05, 0) is 33.6 Å². The number of aliphatic carboxylic acids is 1. The van der Waals surface area contributed by atoms with Crippen LogP contribution in [0.5, 0.6) is 5.75 Å². The van der Waals surface area contributed by atoms with Crippen molar-refractivity contribution in [3.8, 4) is 11.8 Å². The van der Waals surface area contributed by atoms with Crippen LogP contribution in [0, 0.1) is 11.3 Å². The standard InChI is InChI=1S/C10H8BrNO3/c1-15-8-2-6(4-9(13)14)10(11)7(3-8)5-12/h2-3H,4H2,1H3,(H,13,14). The van der Waals surface area contributed by atoms with E-state index in [0.717, 1.165) is 0 Å². The summed E-state index contributed by atoms with van der Waals surface area (Å²) in [7, 11) is 1.47. The monoisotopic (exact) mass is 269 g/mol. The summed E-state index contributed by atoms with van der Waals surface area (Å²) in [6, 6.07) is 5.11. The Bertz CT molecular complexity index is 437. The first-order chi connectivity index (χ1) is 7.08. The highest BCUT2D eigenvalue weighted by Crippen LogP contribution is 2.27. The van der Waals surface area contributed by atoms with Crippen LogP contribution in [-0.4, -0.2) is 18.2 Å². The lowest BCUT2D eigenvalue weighted by molar-refractivity contribution is -0.136. The molecule has 78 valence electrons. The molecule has 0 aliphatic heterocycles. The maximum absolute atomic E-state index is 10.6. The summed E-state index contributed by atoms with van der Waals surface area (Å²) in [6.07, 6.45) is -0.146. The number of rotatable bonds is 3. The predicted molar refractivity (Wildman–Crippen MR) is 56.7 cm³/mol. The highest BCUT2D eigenvalue weighted by Gasteiger charge is 2.11. The van der Waals surface area contributed by atoms with E-state index >= 15 is 0 Å². The van der Waals surface area contributed by atoms with Crippen molar-refractivity contribution < 1.29 is 14.6 Å². The molecule has 0 saturated heterocycles. The van der Waals surface area contributed by atoms with E-state index < -0.39 is 5.97 Å². The van der Waals surface area contributed by atoms with Crippen molar-refractivity contribution in [3.63, 3.8) is 0 Å². The third kappa shape index (κ3) is 2.70. The summed E-state index contributed by atoms with van der Waals surface area (Å²) in [6.45, 7) is 0. The van der Waals surface area contributed by atoms with Gasteiger partial charge in [0, 0.05) is 4.47 Å². The van der Waals surface area contributed by atoms with Crippen LogP contribution in [0.25, 0.3) is 0 Å². The number of benzene rings is 1. The van der Waals surface area contributed by atoms with Crippen molar-refractivity contribution >= 4 is 21.9 Å². The minimum Gasteiger partial charge on any atom is -0.497 e. The molecule has 0 radical (unpaired) electrons. The van der Waals surface area contributed by atoms with Gasteiger partial charge in [-0.1, -0.05) is 0 Å². The highest BCUT2D eigenvalue weighted by atomic mass is 79.9. The predicted octanol–water partition coefficient (Wildman–Crippen LogP) is 1.96. The molecule has 0 saturated carbocycles. The SMILES string of the molecule is COc1cc(C#N)c(Br)c(CC(=O)O)c1. The molecule has 0 spiro atoms. The Kier molecular flexibility index (Phi) is 3.69. The number of halogens is 1. The number of ether oxygens (including phenoxy) is 1. The molecule has 0 aromatic heterocycles. The van der Waals surface area contributed by atoms with Gasteiger partial charge in [0.25, 0.3) is 0 Å². The molecule has 1 rings (SSSR count). The van der Waals surface area contributed by atoms with Crippen molar-refractivity contribution in [2.24, 2.45) is 0 Å². The first-order valence-corrected chi connectivity index (χ1v) is 4.86. The summed E-state index contributed by atoms with van der Waals surface area (Å²) in [4.78, 5) is 10.6. The zero-order valence-corrected chi connectivity index (χ0v) is 9.54. The second-order valence-corrected chi connectivity index (χ2v) is 3.62.